The largest absolute Gasteiger partial charge is 0.468 e. The maximum Gasteiger partial charge on any atom is 0.325 e. The number of carbonyl (C=O) groups excluding carboxylic acids is 2. The van der Waals surface area contributed by atoms with E-state index in [0.29, 0.717) is 17.6 Å². The molecule has 2 atom stereocenters. The van der Waals surface area contributed by atoms with Gasteiger partial charge in [-0.05, 0) is 30.5 Å². The third-order valence-electron chi connectivity index (χ3n) is 3.16. The highest BCUT2D eigenvalue weighted by molar-refractivity contribution is 5.93. The van der Waals surface area contributed by atoms with Gasteiger partial charge in [-0.15, -0.1) is 0 Å². The quantitative estimate of drug-likeness (QED) is 0.648. The molecule has 1 N–H and O–H groups in total. The second-order valence-electron chi connectivity index (χ2n) is 4.69. The Morgan fingerprint density at radius 1 is 1.53 bits per heavy atom. The van der Waals surface area contributed by atoms with Gasteiger partial charge in [-0.3, -0.25) is 9.59 Å². The number of nitrogens with one attached hydrogen (secondary N) is 1. The molecule has 0 spiro atoms. The van der Waals surface area contributed by atoms with Gasteiger partial charge in [0.1, 0.15) is 18.1 Å². The van der Waals surface area contributed by atoms with Gasteiger partial charge in [0, 0.05) is 12.0 Å². The number of esters is 1. The molecule has 1 fully saturated rings. The molecule has 0 aromatic carbocycles. The first-order valence-electron chi connectivity index (χ1n) is 6.22. The molecule has 1 saturated carbocycles. The molecule has 102 valence electrons. The van der Waals surface area contributed by atoms with E-state index in [-0.39, 0.29) is 12.5 Å². The van der Waals surface area contributed by atoms with Gasteiger partial charge in [-0.1, -0.05) is 6.92 Å². The Balaban J connectivity index is 1.82. The lowest BCUT2D eigenvalue weighted by Gasteiger charge is -1.99. The van der Waals surface area contributed by atoms with Crippen molar-refractivity contribution < 1.29 is 18.7 Å². The van der Waals surface area contributed by atoms with Crippen LogP contribution in [-0.2, 0) is 14.3 Å². The fourth-order valence-electron chi connectivity index (χ4n) is 1.82. The highest BCUT2D eigenvalue weighted by Crippen LogP contribution is 2.47. The van der Waals surface area contributed by atoms with Crippen LogP contribution in [0.2, 0.25) is 0 Å². The Bertz CT molecular complexity index is 503. The van der Waals surface area contributed by atoms with Crippen molar-refractivity contribution in [1.29, 1.82) is 0 Å². The molecule has 1 aromatic heterocycles. The zero-order valence-corrected chi connectivity index (χ0v) is 11.0. The van der Waals surface area contributed by atoms with Gasteiger partial charge in [0.15, 0.2) is 0 Å². The summed E-state index contributed by atoms with van der Waals surface area (Å²) in [4.78, 5) is 22.2. The number of methoxy groups -OCH3 is 1. The summed E-state index contributed by atoms with van der Waals surface area (Å²) in [6.45, 7) is 2.05. The number of hydrogen-bond donors (Lipinski definition) is 1. The molecule has 0 saturated heterocycles. The fraction of sp³-hybridized carbons (Fsp3) is 0.429. The Kier molecular flexibility index (Phi) is 4.04. The smallest absolute Gasteiger partial charge is 0.325 e. The molecule has 1 aliphatic carbocycles. The second kappa shape index (κ2) is 5.73. The molecular formula is C14H17NO4. The van der Waals surface area contributed by atoms with Gasteiger partial charge < -0.3 is 14.5 Å². The summed E-state index contributed by atoms with van der Waals surface area (Å²) in [6, 6.07) is 3.78. The van der Waals surface area contributed by atoms with E-state index in [2.05, 4.69) is 17.0 Å². The van der Waals surface area contributed by atoms with E-state index >= 15 is 0 Å². The number of carbonyl (C=O) groups is 2. The Hall–Kier alpha value is -2.04. The molecule has 1 aliphatic rings. The molecule has 0 unspecified atom stereocenters. The molecule has 19 heavy (non-hydrogen) atoms. The lowest BCUT2D eigenvalue weighted by molar-refractivity contribution is -0.140. The third kappa shape index (κ3) is 3.71. The van der Waals surface area contributed by atoms with Gasteiger partial charge in [0.25, 0.3) is 0 Å². The van der Waals surface area contributed by atoms with Crippen molar-refractivity contribution in [2.24, 2.45) is 5.92 Å². The average molecular weight is 263 g/mol. The normalized spacial score (nSPS) is 21.4. The number of rotatable bonds is 5. The Morgan fingerprint density at radius 3 is 2.89 bits per heavy atom. The first kappa shape index (κ1) is 13.4. The van der Waals surface area contributed by atoms with Crippen molar-refractivity contribution in [3.05, 3.63) is 29.7 Å². The van der Waals surface area contributed by atoms with Crippen molar-refractivity contribution in [1.82, 2.24) is 5.32 Å². The summed E-state index contributed by atoms with van der Waals surface area (Å²) >= 11 is 0. The summed E-state index contributed by atoms with van der Waals surface area (Å²) in [5, 5.41) is 2.41. The minimum Gasteiger partial charge on any atom is -0.468 e. The van der Waals surface area contributed by atoms with Gasteiger partial charge in [0.2, 0.25) is 5.91 Å². The van der Waals surface area contributed by atoms with Gasteiger partial charge >= 0.3 is 5.97 Å². The molecule has 5 heteroatoms. The number of amides is 1. The van der Waals surface area contributed by atoms with Crippen LogP contribution in [0.15, 0.2) is 22.6 Å². The number of furan rings is 1. The van der Waals surface area contributed by atoms with Crippen LogP contribution in [0.3, 0.4) is 0 Å². The van der Waals surface area contributed by atoms with E-state index in [4.69, 9.17) is 4.42 Å². The SMILES string of the molecule is COC(=O)CNC(=O)/C=C\c1ccc([C@@H]2C[C@@H]2C)o1. The summed E-state index contributed by atoms with van der Waals surface area (Å²) in [5.41, 5.74) is 0. The molecule has 0 bridgehead atoms. The van der Waals surface area contributed by atoms with Crippen LogP contribution in [0, 0.1) is 5.92 Å². The fourth-order valence-corrected chi connectivity index (χ4v) is 1.82. The van der Waals surface area contributed by atoms with Gasteiger partial charge in [0.05, 0.1) is 7.11 Å². The maximum absolute atomic E-state index is 11.4. The topological polar surface area (TPSA) is 68.5 Å². The minimum atomic E-state index is -0.482. The van der Waals surface area contributed by atoms with Crippen LogP contribution in [0.5, 0.6) is 0 Å². The second-order valence-corrected chi connectivity index (χ2v) is 4.69. The monoisotopic (exact) mass is 263 g/mol. The summed E-state index contributed by atoms with van der Waals surface area (Å²) in [5.74, 6) is 1.99. The standard InChI is InChI=1S/C14H17NO4/c1-9-7-11(9)12-5-3-10(19-12)4-6-13(16)15-8-14(17)18-2/h3-6,9,11H,7-8H2,1-2H3,(H,15,16)/b6-4-/t9-,11+/m0/s1. The first-order valence-corrected chi connectivity index (χ1v) is 6.22. The number of hydrogen-bond acceptors (Lipinski definition) is 4. The molecule has 2 rings (SSSR count). The zero-order valence-electron chi connectivity index (χ0n) is 11.0. The van der Waals surface area contributed by atoms with Crippen molar-refractivity contribution in [3.63, 3.8) is 0 Å². The van der Waals surface area contributed by atoms with E-state index in [0.717, 1.165) is 12.2 Å². The highest BCUT2D eigenvalue weighted by atomic mass is 16.5. The van der Waals surface area contributed by atoms with Crippen LogP contribution in [0.4, 0.5) is 0 Å². The predicted molar refractivity (Wildman–Crippen MR) is 69.3 cm³/mol. The molecule has 0 aliphatic heterocycles. The molecule has 1 aromatic rings. The van der Waals surface area contributed by atoms with Crippen LogP contribution in [0.1, 0.15) is 30.8 Å². The van der Waals surface area contributed by atoms with E-state index in [9.17, 15) is 9.59 Å². The molecule has 0 radical (unpaired) electrons. The van der Waals surface area contributed by atoms with Crippen molar-refractivity contribution in [2.75, 3.05) is 13.7 Å². The van der Waals surface area contributed by atoms with Crippen molar-refractivity contribution >= 4 is 18.0 Å². The zero-order chi connectivity index (χ0) is 13.8. The molecule has 5 nitrogen and oxygen atoms in total. The summed E-state index contributed by atoms with van der Waals surface area (Å²) < 4.78 is 10.0. The molecule has 1 heterocycles. The lowest BCUT2D eigenvalue weighted by atomic mass is 10.3. The van der Waals surface area contributed by atoms with Crippen molar-refractivity contribution in [3.8, 4) is 0 Å². The maximum atomic E-state index is 11.4. The Morgan fingerprint density at radius 2 is 2.26 bits per heavy atom. The average Bonchev–Trinajstić information content (AvgIpc) is 2.95. The summed E-state index contributed by atoms with van der Waals surface area (Å²) in [6.07, 6.45) is 4.08. The van der Waals surface area contributed by atoms with E-state index < -0.39 is 5.97 Å². The van der Waals surface area contributed by atoms with Crippen LogP contribution in [0.25, 0.3) is 6.08 Å². The number of ether oxygens (including phenoxy) is 1. The Labute approximate surface area is 111 Å². The van der Waals surface area contributed by atoms with Crippen LogP contribution >= 0.6 is 0 Å². The molecular weight excluding hydrogens is 246 g/mol. The van der Waals surface area contributed by atoms with E-state index in [1.807, 2.05) is 12.1 Å². The van der Waals surface area contributed by atoms with Crippen LogP contribution in [-0.4, -0.2) is 25.5 Å². The first-order chi connectivity index (χ1) is 9.10. The minimum absolute atomic E-state index is 0.136. The van der Waals surface area contributed by atoms with Gasteiger partial charge in [-0.2, -0.15) is 0 Å². The van der Waals surface area contributed by atoms with E-state index in [1.54, 1.807) is 6.08 Å². The predicted octanol–water partition coefficient (Wildman–Crippen LogP) is 1.71. The molecule has 1 amide bonds. The van der Waals surface area contributed by atoms with Crippen LogP contribution < -0.4 is 5.32 Å². The van der Waals surface area contributed by atoms with E-state index in [1.165, 1.54) is 13.2 Å². The lowest BCUT2D eigenvalue weighted by Crippen LogP contribution is -2.28. The third-order valence-corrected chi connectivity index (χ3v) is 3.16. The van der Waals surface area contributed by atoms with Gasteiger partial charge in [-0.25, -0.2) is 0 Å². The van der Waals surface area contributed by atoms with Crippen molar-refractivity contribution in [2.45, 2.75) is 19.3 Å². The highest BCUT2D eigenvalue weighted by Gasteiger charge is 2.36. The summed E-state index contributed by atoms with van der Waals surface area (Å²) in [7, 11) is 1.27.